The van der Waals surface area contributed by atoms with E-state index < -0.39 is 0 Å². The van der Waals surface area contributed by atoms with Crippen molar-refractivity contribution in [1.82, 2.24) is 10.2 Å². The Morgan fingerprint density at radius 2 is 1.89 bits per heavy atom. The lowest BCUT2D eigenvalue weighted by molar-refractivity contribution is 0.106. The number of likely N-dealkylation sites (N-methyl/N-ethyl adjacent to an activating group) is 1. The second kappa shape index (κ2) is 5.73. The van der Waals surface area contributed by atoms with Crippen molar-refractivity contribution in [3.05, 3.63) is 0 Å². The molecule has 3 atom stereocenters. The molecule has 0 aliphatic heterocycles. The third kappa shape index (κ3) is 2.85. The Morgan fingerprint density at radius 1 is 1.16 bits per heavy atom. The lowest BCUT2D eigenvalue weighted by Gasteiger charge is -2.43. The molecule has 0 amide bonds. The lowest BCUT2D eigenvalue weighted by atomic mass is 9.68. The van der Waals surface area contributed by atoms with Crippen molar-refractivity contribution in [2.75, 3.05) is 26.2 Å². The normalized spacial score (nSPS) is 36.3. The molecule has 1 unspecified atom stereocenters. The summed E-state index contributed by atoms with van der Waals surface area (Å²) >= 11 is 0. The van der Waals surface area contributed by atoms with Gasteiger partial charge in [-0.15, -0.1) is 0 Å². The molecular weight excluding hydrogens is 232 g/mol. The van der Waals surface area contributed by atoms with Crippen molar-refractivity contribution >= 4 is 0 Å². The molecule has 2 aliphatic rings. The zero-order valence-corrected chi connectivity index (χ0v) is 13.8. The first-order valence-electron chi connectivity index (χ1n) is 8.39. The van der Waals surface area contributed by atoms with Crippen LogP contribution in [0, 0.1) is 16.7 Å². The first-order valence-corrected chi connectivity index (χ1v) is 8.39. The second-order valence-electron chi connectivity index (χ2n) is 7.74. The molecular formula is C17H34N2. The molecule has 2 rings (SSSR count). The van der Waals surface area contributed by atoms with Crippen LogP contribution in [0.2, 0.25) is 0 Å². The van der Waals surface area contributed by atoms with Crippen LogP contribution in [0.5, 0.6) is 0 Å². The van der Waals surface area contributed by atoms with Gasteiger partial charge in [-0.3, -0.25) is 0 Å². The zero-order chi connectivity index (χ0) is 14.1. The highest BCUT2D eigenvalue weighted by Crippen LogP contribution is 2.62. The van der Waals surface area contributed by atoms with Crippen molar-refractivity contribution in [1.29, 1.82) is 0 Å². The van der Waals surface area contributed by atoms with Gasteiger partial charge in [-0.05, 0) is 55.5 Å². The summed E-state index contributed by atoms with van der Waals surface area (Å²) in [4.78, 5) is 2.57. The van der Waals surface area contributed by atoms with Gasteiger partial charge >= 0.3 is 0 Å². The fraction of sp³-hybridized carbons (Fsp3) is 1.00. The van der Waals surface area contributed by atoms with E-state index in [9.17, 15) is 0 Å². The number of hydrogen-bond acceptors (Lipinski definition) is 2. The highest BCUT2D eigenvalue weighted by atomic mass is 15.1. The molecule has 0 aromatic rings. The Balaban J connectivity index is 1.85. The van der Waals surface area contributed by atoms with Gasteiger partial charge in [0, 0.05) is 19.1 Å². The van der Waals surface area contributed by atoms with Crippen molar-refractivity contribution in [3.63, 3.8) is 0 Å². The lowest BCUT2D eigenvalue weighted by Crippen LogP contribution is -2.52. The quantitative estimate of drug-likeness (QED) is 0.758. The van der Waals surface area contributed by atoms with E-state index in [0.717, 1.165) is 18.5 Å². The fourth-order valence-corrected chi connectivity index (χ4v) is 4.92. The Labute approximate surface area is 120 Å². The summed E-state index contributed by atoms with van der Waals surface area (Å²) in [5.41, 5.74) is 1.06. The molecule has 112 valence electrons. The van der Waals surface area contributed by atoms with E-state index in [4.69, 9.17) is 0 Å². The predicted molar refractivity (Wildman–Crippen MR) is 83.4 cm³/mol. The van der Waals surface area contributed by atoms with Gasteiger partial charge in [-0.25, -0.2) is 0 Å². The Bertz CT molecular complexity index is 295. The summed E-state index contributed by atoms with van der Waals surface area (Å²) in [6.07, 6.45) is 5.61. The minimum atomic E-state index is 0.495. The molecule has 0 aromatic heterocycles. The monoisotopic (exact) mass is 266 g/mol. The smallest absolute Gasteiger partial charge is 0.0175 e. The van der Waals surface area contributed by atoms with Gasteiger partial charge in [0.2, 0.25) is 0 Å². The van der Waals surface area contributed by atoms with Crippen LogP contribution in [0.15, 0.2) is 0 Å². The third-order valence-electron chi connectivity index (χ3n) is 6.03. The summed E-state index contributed by atoms with van der Waals surface area (Å²) in [7, 11) is 0. The van der Waals surface area contributed by atoms with E-state index in [-0.39, 0.29) is 0 Å². The molecule has 2 nitrogen and oxygen atoms in total. The number of nitrogens with zero attached hydrogens (tertiary/aromatic N) is 1. The average Bonchev–Trinajstić information content (AvgIpc) is 2.83. The summed E-state index contributed by atoms with van der Waals surface area (Å²) in [6.45, 7) is 16.8. The van der Waals surface area contributed by atoms with Crippen LogP contribution in [0.1, 0.15) is 60.3 Å². The van der Waals surface area contributed by atoms with E-state index in [1.807, 2.05) is 0 Å². The van der Waals surface area contributed by atoms with E-state index >= 15 is 0 Å². The van der Waals surface area contributed by atoms with Gasteiger partial charge in [0.05, 0.1) is 0 Å². The van der Waals surface area contributed by atoms with Gasteiger partial charge in [0.15, 0.2) is 0 Å². The Hall–Kier alpha value is -0.0800. The molecule has 0 saturated heterocycles. The molecule has 2 heteroatoms. The van der Waals surface area contributed by atoms with E-state index in [1.165, 1.54) is 45.3 Å². The molecule has 0 spiro atoms. The number of hydrogen-bond donors (Lipinski definition) is 1. The summed E-state index contributed by atoms with van der Waals surface area (Å²) < 4.78 is 0. The molecule has 2 saturated carbocycles. The molecule has 2 fully saturated rings. The maximum Gasteiger partial charge on any atom is 0.0175 e. The van der Waals surface area contributed by atoms with Crippen LogP contribution in [-0.4, -0.2) is 37.1 Å². The molecule has 2 aliphatic carbocycles. The first-order chi connectivity index (χ1) is 8.94. The van der Waals surface area contributed by atoms with Gasteiger partial charge in [0.1, 0.15) is 0 Å². The molecule has 0 radical (unpaired) electrons. The van der Waals surface area contributed by atoms with Crippen molar-refractivity contribution in [2.24, 2.45) is 16.7 Å². The van der Waals surface area contributed by atoms with Crippen LogP contribution < -0.4 is 5.32 Å². The summed E-state index contributed by atoms with van der Waals surface area (Å²) in [5.74, 6) is 0.952. The topological polar surface area (TPSA) is 15.3 Å². The maximum absolute atomic E-state index is 3.93. The SMILES string of the molecule is CCCN(CC)CCNC1C(C)(C)[C@H]2CC[C@]1(C)C2. The van der Waals surface area contributed by atoms with Crippen molar-refractivity contribution in [2.45, 2.75) is 66.3 Å². The molecule has 2 bridgehead atoms. The van der Waals surface area contributed by atoms with Gasteiger partial charge in [-0.2, -0.15) is 0 Å². The van der Waals surface area contributed by atoms with Crippen molar-refractivity contribution in [3.8, 4) is 0 Å². The van der Waals surface area contributed by atoms with E-state index in [2.05, 4.69) is 44.8 Å². The minimum absolute atomic E-state index is 0.495. The largest absolute Gasteiger partial charge is 0.312 e. The number of rotatable bonds is 7. The second-order valence-corrected chi connectivity index (χ2v) is 7.74. The highest BCUT2D eigenvalue weighted by molar-refractivity contribution is 5.11. The standard InChI is InChI=1S/C17H34N2/c1-6-11-19(7-2)12-10-18-15-16(3,4)14-8-9-17(15,5)13-14/h14-15,18H,6-13H2,1-5H3/t14-,15?,17+/m0/s1. The van der Waals surface area contributed by atoms with Crippen LogP contribution in [0.4, 0.5) is 0 Å². The van der Waals surface area contributed by atoms with E-state index in [0.29, 0.717) is 10.8 Å². The van der Waals surface area contributed by atoms with Crippen LogP contribution in [0.25, 0.3) is 0 Å². The average molecular weight is 266 g/mol. The highest BCUT2D eigenvalue weighted by Gasteiger charge is 2.58. The Morgan fingerprint density at radius 3 is 2.42 bits per heavy atom. The molecule has 0 heterocycles. The molecule has 1 N–H and O–H groups in total. The Kier molecular flexibility index (Phi) is 4.62. The number of nitrogens with one attached hydrogen (secondary N) is 1. The summed E-state index contributed by atoms with van der Waals surface area (Å²) in [5, 5.41) is 3.93. The van der Waals surface area contributed by atoms with Gasteiger partial charge in [-0.1, -0.05) is 34.6 Å². The van der Waals surface area contributed by atoms with Crippen molar-refractivity contribution < 1.29 is 0 Å². The maximum atomic E-state index is 3.93. The predicted octanol–water partition coefficient (Wildman–Crippen LogP) is 3.52. The molecule has 19 heavy (non-hydrogen) atoms. The zero-order valence-electron chi connectivity index (χ0n) is 13.8. The van der Waals surface area contributed by atoms with Crippen LogP contribution in [-0.2, 0) is 0 Å². The van der Waals surface area contributed by atoms with Crippen LogP contribution in [0.3, 0.4) is 0 Å². The van der Waals surface area contributed by atoms with Gasteiger partial charge < -0.3 is 10.2 Å². The minimum Gasteiger partial charge on any atom is -0.312 e. The molecule has 0 aromatic carbocycles. The third-order valence-corrected chi connectivity index (χ3v) is 6.03. The first kappa shape index (κ1) is 15.3. The number of fused-ring (bicyclic) bond motifs is 2. The summed E-state index contributed by atoms with van der Waals surface area (Å²) in [6, 6.07) is 0.721. The van der Waals surface area contributed by atoms with Gasteiger partial charge in [0.25, 0.3) is 0 Å². The van der Waals surface area contributed by atoms with E-state index in [1.54, 1.807) is 0 Å². The van der Waals surface area contributed by atoms with Crippen LogP contribution >= 0.6 is 0 Å². The fourth-order valence-electron chi connectivity index (χ4n) is 4.92.